The second-order valence-corrected chi connectivity index (χ2v) is 8.59. The van der Waals surface area contributed by atoms with Crippen molar-refractivity contribution in [1.82, 2.24) is 4.98 Å². The van der Waals surface area contributed by atoms with Crippen LogP contribution in [0.3, 0.4) is 0 Å². The van der Waals surface area contributed by atoms with Crippen molar-refractivity contribution in [3.63, 3.8) is 0 Å². The Morgan fingerprint density at radius 3 is 2.63 bits per heavy atom. The number of benzene rings is 2. The summed E-state index contributed by atoms with van der Waals surface area (Å²) in [4.78, 5) is 17.6. The molecule has 0 aliphatic heterocycles. The minimum absolute atomic E-state index is 0.188. The van der Waals surface area contributed by atoms with E-state index in [-0.39, 0.29) is 12.6 Å². The van der Waals surface area contributed by atoms with Crippen LogP contribution in [0.1, 0.15) is 40.7 Å². The van der Waals surface area contributed by atoms with Crippen LogP contribution in [0.5, 0.6) is 0 Å². The van der Waals surface area contributed by atoms with Crippen LogP contribution >= 0.6 is 22.7 Å². The SMILES string of the molecule is CC(C)c1ccc(-c2nc(COC(=O)c3cc4ccccc4s3)cs2)cc1. The number of nitrogens with zero attached hydrogens (tertiary/aromatic N) is 1. The Balaban J connectivity index is 1.42. The molecule has 0 bridgehead atoms. The third-order valence-electron chi connectivity index (χ3n) is 4.35. The predicted molar refractivity (Wildman–Crippen MR) is 113 cm³/mol. The summed E-state index contributed by atoms with van der Waals surface area (Å²) in [6.45, 7) is 4.55. The highest BCUT2D eigenvalue weighted by Gasteiger charge is 2.13. The first-order valence-electron chi connectivity index (χ1n) is 8.80. The average Bonchev–Trinajstić information content (AvgIpc) is 3.33. The van der Waals surface area contributed by atoms with Gasteiger partial charge in [-0.25, -0.2) is 9.78 Å². The number of thiophene rings is 1. The Morgan fingerprint density at radius 2 is 1.89 bits per heavy atom. The van der Waals surface area contributed by atoms with E-state index in [1.54, 1.807) is 11.3 Å². The molecule has 0 amide bonds. The van der Waals surface area contributed by atoms with Gasteiger partial charge in [-0.3, -0.25) is 0 Å². The number of hydrogen-bond acceptors (Lipinski definition) is 5. The Kier molecular flexibility index (Phi) is 5.05. The van der Waals surface area contributed by atoms with Crippen molar-refractivity contribution in [3.8, 4) is 10.6 Å². The number of rotatable bonds is 5. The lowest BCUT2D eigenvalue weighted by Gasteiger charge is -2.05. The molecule has 136 valence electrons. The lowest BCUT2D eigenvalue weighted by molar-refractivity contribution is 0.0474. The van der Waals surface area contributed by atoms with Gasteiger partial charge in [0.1, 0.15) is 16.5 Å². The van der Waals surface area contributed by atoms with Gasteiger partial charge in [0.25, 0.3) is 0 Å². The van der Waals surface area contributed by atoms with E-state index < -0.39 is 0 Å². The van der Waals surface area contributed by atoms with Gasteiger partial charge < -0.3 is 4.74 Å². The van der Waals surface area contributed by atoms with Crippen LogP contribution in [-0.2, 0) is 11.3 Å². The molecule has 5 heteroatoms. The van der Waals surface area contributed by atoms with Gasteiger partial charge in [-0.1, -0.05) is 56.3 Å². The molecule has 3 nitrogen and oxygen atoms in total. The van der Waals surface area contributed by atoms with Crippen molar-refractivity contribution in [3.05, 3.63) is 76.1 Å². The number of hydrogen-bond donors (Lipinski definition) is 0. The van der Waals surface area contributed by atoms with E-state index in [9.17, 15) is 4.79 Å². The van der Waals surface area contributed by atoms with Crippen molar-refractivity contribution >= 4 is 38.7 Å². The quantitative estimate of drug-likeness (QED) is 0.363. The third kappa shape index (κ3) is 3.94. The summed E-state index contributed by atoms with van der Waals surface area (Å²) in [6, 6.07) is 18.3. The summed E-state index contributed by atoms with van der Waals surface area (Å²) in [5, 5.41) is 3.96. The summed E-state index contributed by atoms with van der Waals surface area (Å²) in [7, 11) is 0. The van der Waals surface area contributed by atoms with Crippen LogP contribution in [0.15, 0.2) is 60.0 Å². The first kappa shape index (κ1) is 17.9. The predicted octanol–water partition coefficient (Wildman–Crippen LogP) is 6.51. The van der Waals surface area contributed by atoms with Gasteiger partial charge in [0.2, 0.25) is 0 Å². The highest BCUT2D eigenvalue weighted by Crippen LogP contribution is 2.28. The lowest BCUT2D eigenvalue weighted by Crippen LogP contribution is -2.03. The fourth-order valence-corrected chi connectivity index (χ4v) is 4.58. The summed E-state index contributed by atoms with van der Waals surface area (Å²) in [6.07, 6.45) is 0. The first-order valence-corrected chi connectivity index (χ1v) is 10.5. The van der Waals surface area contributed by atoms with E-state index in [0.29, 0.717) is 10.8 Å². The molecule has 2 heterocycles. The molecule has 4 rings (SSSR count). The second kappa shape index (κ2) is 7.62. The van der Waals surface area contributed by atoms with Gasteiger partial charge in [-0.05, 0) is 29.0 Å². The molecule has 0 spiro atoms. The number of esters is 1. The van der Waals surface area contributed by atoms with E-state index >= 15 is 0 Å². The molecule has 4 aromatic rings. The molecule has 0 radical (unpaired) electrons. The second-order valence-electron chi connectivity index (χ2n) is 6.65. The summed E-state index contributed by atoms with van der Waals surface area (Å²) >= 11 is 3.02. The number of aromatic nitrogens is 1. The molecule has 2 aromatic heterocycles. The topological polar surface area (TPSA) is 39.2 Å². The zero-order valence-corrected chi connectivity index (χ0v) is 16.8. The zero-order valence-electron chi connectivity index (χ0n) is 15.1. The molecule has 0 aliphatic carbocycles. The van der Waals surface area contributed by atoms with E-state index in [0.717, 1.165) is 26.4 Å². The van der Waals surface area contributed by atoms with Crippen molar-refractivity contribution in [2.75, 3.05) is 0 Å². The smallest absolute Gasteiger partial charge is 0.348 e. The average molecular weight is 394 g/mol. The lowest BCUT2D eigenvalue weighted by atomic mass is 10.0. The van der Waals surface area contributed by atoms with Crippen LogP contribution in [0.4, 0.5) is 0 Å². The van der Waals surface area contributed by atoms with Crippen molar-refractivity contribution < 1.29 is 9.53 Å². The van der Waals surface area contributed by atoms with Crippen LogP contribution in [-0.4, -0.2) is 11.0 Å². The molecule has 0 unspecified atom stereocenters. The Bertz CT molecular complexity index is 1040. The Labute approximate surface area is 166 Å². The monoisotopic (exact) mass is 393 g/mol. The van der Waals surface area contributed by atoms with Gasteiger partial charge in [0, 0.05) is 15.6 Å². The van der Waals surface area contributed by atoms with Crippen molar-refractivity contribution in [2.24, 2.45) is 0 Å². The van der Waals surface area contributed by atoms with Gasteiger partial charge in [-0.2, -0.15) is 0 Å². The summed E-state index contributed by atoms with van der Waals surface area (Å²) in [5.41, 5.74) is 3.18. The van der Waals surface area contributed by atoms with E-state index in [1.807, 2.05) is 35.7 Å². The molecule has 0 aliphatic rings. The fraction of sp³-hybridized carbons (Fsp3) is 0.182. The van der Waals surface area contributed by atoms with Crippen molar-refractivity contribution in [1.29, 1.82) is 0 Å². The minimum Gasteiger partial charge on any atom is -0.455 e. The number of carbonyl (C=O) groups excluding carboxylic acids is 1. The van der Waals surface area contributed by atoms with Gasteiger partial charge in [0.05, 0.1) is 5.69 Å². The normalized spacial score (nSPS) is 11.2. The largest absolute Gasteiger partial charge is 0.455 e. The maximum absolute atomic E-state index is 12.3. The first-order chi connectivity index (χ1) is 13.1. The zero-order chi connectivity index (χ0) is 18.8. The van der Waals surface area contributed by atoms with Crippen LogP contribution < -0.4 is 0 Å². The third-order valence-corrected chi connectivity index (χ3v) is 6.39. The molecule has 0 fully saturated rings. The Hall–Kier alpha value is -2.50. The molecule has 27 heavy (non-hydrogen) atoms. The molecular formula is C22H19NO2S2. The van der Waals surface area contributed by atoms with Crippen LogP contribution in [0.25, 0.3) is 20.7 Å². The van der Waals surface area contributed by atoms with Gasteiger partial charge >= 0.3 is 5.97 Å². The number of carbonyl (C=O) groups is 1. The highest BCUT2D eigenvalue weighted by atomic mass is 32.1. The Morgan fingerprint density at radius 1 is 1.11 bits per heavy atom. The molecule has 0 saturated carbocycles. The molecular weight excluding hydrogens is 374 g/mol. The van der Waals surface area contributed by atoms with Crippen LogP contribution in [0, 0.1) is 0 Å². The highest BCUT2D eigenvalue weighted by molar-refractivity contribution is 7.20. The minimum atomic E-state index is -0.299. The summed E-state index contributed by atoms with van der Waals surface area (Å²) < 4.78 is 6.55. The molecule has 0 saturated heterocycles. The summed E-state index contributed by atoms with van der Waals surface area (Å²) in [5.74, 6) is 0.214. The number of ether oxygens (including phenoxy) is 1. The fourth-order valence-electron chi connectivity index (χ4n) is 2.81. The van der Waals surface area contributed by atoms with Crippen LogP contribution in [0.2, 0.25) is 0 Å². The number of thiazole rings is 1. The maximum atomic E-state index is 12.3. The van der Waals surface area contributed by atoms with E-state index in [1.165, 1.54) is 16.9 Å². The molecule has 0 atom stereocenters. The van der Waals surface area contributed by atoms with Crippen molar-refractivity contribution in [2.45, 2.75) is 26.4 Å². The standard InChI is InChI=1S/C22H19NO2S2/c1-14(2)15-7-9-16(10-8-15)21-23-18(13-26-21)12-25-22(24)20-11-17-5-3-4-6-19(17)27-20/h3-11,13-14H,12H2,1-2H3. The van der Waals surface area contributed by atoms with Gasteiger partial charge in [0.15, 0.2) is 0 Å². The number of fused-ring (bicyclic) bond motifs is 1. The molecule has 2 aromatic carbocycles. The maximum Gasteiger partial charge on any atom is 0.348 e. The van der Waals surface area contributed by atoms with Gasteiger partial charge in [-0.15, -0.1) is 22.7 Å². The molecule has 0 N–H and O–H groups in total. The van der Waals surface area contributed by atoms with E-state index in [2.05, 4.69) is 43.1 Å². The van der Waals surface area contributed by atoms with E-state index in [4.69, 9.17) is 4.74 Å².